The zero-order chi connectivity index (χ0) is 31.7. The number of benzene rings is 2. The Balaban J connectivity index is 0.000000643. The van der Waals surface area contributed by atoms with Crippen LogP contribution in [-0.2, 0) is 28.7 Å². The minimum Gasteiger partial charge on any atom is -0.467 e. The Morgan fingerprint density at radius 2 is 1.15 bits per heavy atom. The predicted molar refractivity (Wildman–Crippen MR) is 169 cm³/mol. The minimum atomic E-state index is -1.31. The molecule has 41 heavy (non-hydrogen) atoms. The van der Waals surface area contributed by atoms with E-state index in [1.807, 2.05) is 12.1 Å². The molecule has 0 saturated heterocycles. The first-order valence-corrected chi connectivity index (χ1v) is 14.1. The number of esters is 2. The summed E-state index contributed by atoms with van der Waals surface area (Å²) in [6.45, 7) is 0. The highest BCUT2D eigenvalue weighted by atomic mass is 127. The summed E-state index contributed by atoms with van der Waals surface area (Å²) in [5.74, 6) is -2.81. The van der Waals surface area contributed by atoms with Crippen molar-refractivity contribution in [1.82, 2.24) is 20.9 Å². The van der Waals surface area contributed by atoms with Gasteiger partial charge in [-0.2, -0.15) is 0 Å². The standard InChI is InChI=1S/C13H15IN2O4.C7H4ClIO.C6H12N2O3/c1-15-11(17)10(13(19)20-3)16(2)12(18)8-4-6-9(14)7-5-8;8-7(10)5-1-3-6(9)4-2-5;1-7-4(5(9)8-2)6(10)11-3/h4-7,10H,1-3H3,(H,15,17);1-4H;4,7H,1-3H3,(H,8,9). The zero-order valence-corrected chi connectivity index (χ0v) is 28.2. The number of ether oxygens (including phenoxy) is 2. The molecule has 0 saturated carbocycles. The molecule has 0 spiro atoms. The van der Waals surface area contributed by atoms with Gasteiger partial charge in [0.2, 0.25) is 11.9 Å². The maximum atomic E-state index is 12.3. The van der Waals surface area contributed by atoms with Crippen molar-refractivity contribution in [2.45, 2.75) is 12.1 Å². The SMILES string of the molecule is CNC(=O)C(C(=O)OC)N(C)C(=O)c1ccc(I)cc1.CNC(=O)C(NC)C(=O)OC.O=C(Cl)c1ccc(I)cc1. The van der Waals surface area contributed by atoms with E-state index in [0.717, 1.165) is 12.0 Å². The first-order valence-electron chi connectivity index (χ1n) is 11.5. The fourth-order valence-corrected chi connectivity index (χ4v) is 3.65. The highest BCUT2D eigenvalue weighted by molar-refractivity contribution is 14.1. The third-order valence-electron chi connectivity index (χ3n) is 5.02. The largest absolute Gasteiger partial charge is 0.467 e. The first kappa shape index (κ1) is 38.2. The number of amides is 3. The number of rotatable bonds is 8. The van der Waals surface area contributed by atoms with Crippen LogP contribution in [0.1, 0.15) is 20.7 Å². The van der Waals surface area contributed by atoms with Crippen molar-refractivity contribution >= 4 is 91.7 Å². The lowest BCUT2D eigenvalue weighted by molar-refractivity contribution is -0.150. The van der Waals surface area contributed by atoms with Gasteiger partial charge in [-0.1, -0.05) is 0 Å². The summed E-state index contributed by atoms with van der Waals surface area (Å²) in [5, 5.41) is 6.78. The van der Waals surface area contributed by atoms with E-state index in [0.29, 0.717) is 11.1 Å². The van der Waals surface area contributed by atoms with Crippen molar-refractivity contribution in [2.75, 3.05) is 42.4 Å². The van der Waals surface area contributed by atoms with Crippen molar-refractivity contribution in [3.8, 4) is 0 Å². The van der Waals surface area contributed by atoms with Gasteiger partial charge in [0.25, 0.3) is 17.1 Å². The summed E-state index contributed by atoms with van der Waals surface area (Å²) in [4.78, 5) is 68.9. The maximum absolute atomic E-state index is 12.3. The molecule has 0 aliphatic rings. The Kier molecular flexibility index (Phi) is 18.7. The molecule has 0 fully saturated rings. The van der Waals surface area contributed by atoms with Crippen LogP contribution < -0.4 is 16.0 Å². The van der Waals surface area contributed by atoms with E-state index in [1.165, 1.54) is 42.4 Å². The summed E-state index contributed by atoms with van der Waals surface area (Å²) in [6.07, 6.45) is 0. The number of nitrogens with zero attached hydrogens (tertiary/aromatic N) is 1. The van der Waals surface area contributed by atoms with E-state index in [9.17, 15) is 28.8 Å². The molecule has 0 aromatic heterocycles. The number of hydrogen-bond donors (Lipinski definition) is 3. The van der Waals surface area contributed by atoms with Gasteiger partial charge in [0.1, 0.15) is 0 Å². The lowest BCUT2D eigenvalue weighted by atomic mass is 10.1. The van der Waals surface area contributed by atoms with E-state index >= 15 is 0 Å². The molecule has 224 valence electrons. The molecule has 2 unspecified atom stereocenters. The van der Waals surface area contributed by atoms with Gasteiger partial charge in [-0.25, -0.2) is 9.59 Å². The van der Waals surface area contributed by atoms with Crippen molar-refractivity contribution in [3.63, 3.8) is 0 Å². The van der Waals surface area contributed by atoms with Gasteiger partial charge in [-0.3, -0.25) is 24.5 Å². The van der Waals surface area contributed by atoms with Crippen LogP contribution >= 0.6 is 56.8 Å². The van der Waals surface area contributed by atoms with Crippen LogP contribution in [0.5, 0.6) is 0 Å². The van der Waals surface area contributed by atoms with Crippen LogP contribution in [0, 0.1) is 7.14 Å². The Morgan fingerprint density at radius 1 is 0.732 bits per heavy atom. The molecule has 2 rings (SSSR count). The van der Waals surface area contributed by atoms with Gasteiger partial charge >= 0.3 is 11.9 Å². The summed E-state index contributed by atoms with van der Waals surface area (Å²) in [5.41, 5.74) is 0.938. The molecule has 0 bridgehead atoms. The Morgan fingerprint density at radius 3 is 1.49 bits per heavy atom. The van der Waals surface area contributed by atoms with Crippen molar-refractivity contribution in [2.24, 2.45) is 0 Å². The quantitative estimate of drug-likeness (QED) is 0.156. The fraction of sp³-hybridized carbons (Fsp3) is 0.308. The van der Waals surface area contributed by atoms with Crippen LogP contribution in [0.2, 0.25) is 0 Å². The maximum Gasteiger partial charge on any atom is 0.338 e. The normalized spacial score (nSPS) is 11.0. The second-order valence-electron chi connectivity index (χ2n) is 7.60. The van der Waals surface area contributed by atoms with Gasteiger partial charge in [-0.15, -0.1) is 0 Å². The third-order valence-corrected chi connectivity index (χ3v) is 6.68. The Bertz CT molecular complexity index is 1160. The average molecular weight is 817 g/mol. The van der Waals surface area contributed by atoms with Crippen molar-refractivity contribution < 1.29 is 38.2 Å². The van der Waals surface area contributed by atoms with E-state index in [1.54, 1.807) is 36.4 Å². The van der Waals surface area contributed by atoms with Gasteiger partial charge < -0.3 is 25.0 Å². The van der Waals surface area contributed by atoms with Crippen LogP contribution in [-0.4, -0.2) is 94.3 Å². The second-order valence-corrected chi connectivity index (χ2v) is 10.4. The Labute approximate surface area is 270 Å². The van der Waals surface area contributed by atoms with E-state index in [-0.39, 0.29) is 0 Å². The molecule has 3 N–H and O–H groups in total. The molecule has 12 nitrogen and oxygen atoms in total. The number of hydrogen-bond acceptors (Lipinski definition) is 9. The van der Waals surface area contributed by atoms with E-state index in [4.69, 9.17) is 11.6 Å². The van der Waals surface area contributed by atoms with Gasteiger partial charge in [0, 0.05) is 39.4 Å². The van der Waals surface area contributed by atoms with Crippen LogP contribution in [0.25, 0.3) is 0 Å². The van der Waals surface area contributed by atoms with E-state index in [2.05, 4.69) is 70.6 Å². The van der Waals surface area contributed by atoms with Crippen molar-refractivity contribution in [1.29, 1.82) is 0 Å². The number of likely N-dealkylation sites (N-methyl/N-ethyl adjacent to an activating group) is 4. The van der Waals surface area contributed by atoms with Gasteiger partial charge in [0.15, 0.2) is 6.04 Å². The first-order chi connectivity index (χ1) is 19.3. The zero-order valence-electron chi connectivity index (χ0n) is 23.1. The fourth-order valence-electron chi connectivity index (χ4n) is 2.80. The van der Waals surface area contributed by atoms with Crippen LogP contribution in [0.4, 0.5) is 0 Å². The topological polar surface area (TPSA) is 160 Å². The lowest BCUT2D eigenvalue weighted by Crippen LogP contribution is -2.51. The number of carbonyl (C=O) groups is 6. The number of carbonyl (C=O) groups excluding carboxylic acids is 6. The van der Waals surface area contributed by atoms with E-state index < -0.39 is 47.0 Å². The molecule has 15 heteroatoms. The van der Waals surface area contributed by atoms with Crippen molar-refractivity contribution in [3.05, 3.63) is 66.8 Å². The lowest BCUT2D eigenvalue weighted by Gasteiger charge is -2.24. The highest BCUT2D eigenvalue weighted by Gasteiger charge is 2.34. The molecular formula is C26H31ClI2N4O8. The third kappa shape index (κ3) is 13.1. The number of methoxy groups -OCH3 is 2. The molecular weight excluding hydrogens is 786 g/mol. The molecule has 0 aliphatic carbocycles. The highest BCUT2D eigenvalue weighted by Crippen LogP contribution is 2.11. The number of halogens is 3. The summed E-state index contributed by atoms with van der Waals surface area (Å²) < 4.78 is 11.0. The molecule has 0 aliphatic heterocycles. The van der Waals surface area contributed by atoms with Crippen LogP contribution in [0.3, 0.4) is 0 Å². The van der Waals surface area contributed by atoms with Gasteiger partial charge in [0.05, 0.1) is 14.2 Å². The molecule has 3 amide bonds. The smallest absolute Gasteiger partial charge is 0.338 e. The minimum absolute atomic E-state index is 0.394. The predicted octanol–water partition coefficient (Wildman–Crippen LogP) is 1.81. The van der Waals surface area contributed by atoms with Gasteiger partial charge in [-0.05, 0) is 112 Å². The second kappa shape index (κ2) is 20.1. The Hall–Kier alpha value is -2.83. The average Bonchev–Trinajstić information content (AvgIpc) is 2.97. The molecule has 2 aromatic carbocycles. The van der Waals surface area contributed by atoms with Crippen LogP contribution in [0.15, 0.2) is 48.5 Å². The molecule has 2 atom stereocenters. The summed E-state index contributed by atoms with van der Waals surface area (Å²) in [7, 11) is 8.14. The monoisotopic (exact) mass is 816 g/mol. The molecule has 0 heterocycles. The summed E-state index contributed by atoms with van der Waals surface area (Å²) in [6, 6.07) is 11.7. The molecule has 0 radical (unpaired) electrons. The molecule has 2 aromatic rings. The summed E-state index contributed by atoms with van der Waals surface area (Å²) >= 11 is 9.50. The number of nitrogens with one attached hydrogen (secondary N) is 3.